The number of nitro benzene ring substituents is 1. The Morgan fingerprint density at radius 1 is 1.07 bits per heavy atom. The molecule has 0 bridgehead atoms. The third kappa shape index (κ3) is 4.38. The number of fused-ring (bicyclic) bond motifs is 2. The van der Waals surface area contributed by atoms with Crippen molar-refractivity contribution in [2.24, 2.45) is 17.3 Å². The van der Waals surface area contributed by atoms with Crippen LogP contribution in [0.3, 0.4) is 0 Å². The lowest BCUT2D eigenvalue weighted by Crippen LogP contribution is -2.37. The van der Waals surface area contributed by atoms with Crippen molar-refractivity contribution in [2.45, 2.75) is 52.2 Å². The third-order valence-corrected chi connectivity index (χ3v) is 9.88. The van der Waals surface area contributed by atoms with Gasteiger partial charge in [0.15, 0.2) is 6.10 Å². The zero-order chi connectivity index (χ0) is 29.9. The number of para-hydroxylation sites is 2. The van der Waals surface area contributed by atoms with Gasteiger partial charge in [-0.25, -0.2) is 14.8 Å². The molecular formula is C31H31N3O7S. The quantitative estimate of drug-likeness (QED) is 0.162. The number of hydrogen-bond donors (Lipinski definition) is 0. The summed E-state index contributed by atoms with van der Waals surface area (Å²) in [4.78, 5) is 61.2. The predicted octanol–water partition coefficient (Wildman–Crippen LogP) is 5.65. The second-order valence-corrected chi connectivity index (χ2v) is 13.1. The second kappa shape index (κ2) is 10.3. The molecule has 3 aliphatic rings. The van der Waals surface area contributed by atoms with Gasteiger partial charge in [-0.05, 0) is 54.4 Å². The predicted molar refractivity (Wildman–Crippen MR) is 156 cm³/mol. The van der Waals surface area contributed by atoms with E-state index in [1.54, 1.807) is 42.5 Å². The van der Waals surface area contributed by atoms with E-state index in [0.717, 1.165) is 28.2 Å². The van der Waals surface area contributed by atoms with E-state index in [-0.39, 0.29) is 27.2 Å². The van der Waals surface area contributed by atoms with E-state index in [2.05, 4.69) is 20.8 Å². The van der Waals surface area contributed by atoms with E-state index >= 15 is 0 Å². The van der Waals surface area contributed by atoms with Gasteiger partial charge in [0.05, 0.1) is 28.8 Å². The van der Waals surface area contributed by atoms with Crippen LogP contribution in [0.4, 0.5) is 16.4 Å². The van der Waals surface area contributed by atoms with E-state index < -0.39 is 40.8 Å². The van der Waals surface area contributed by atoms with E-state index in [1.807, 2.05) is 6.07 Å². The van der Waals surface area contributed by atoms with Crippen molar-refractivity contribution < 1.29 is 28.9 Å². The van der Waals surface area contributed by atoms with Crippen molar-refractivity contribution in [3.8, 4) is 0 Å². The highest BCUT2D eigenvalue weighted by Gasteiger charge is 2.62. The Morgan fingerprint density at radius 3 is 2.43 bits per heavy atom. The molecule has 2 amide bonds. The summed E-state index contributed by atoms with van der Waals surface area (Å²) >= 11 is 1.28. The van der Waals surface area contributed by atoms with Crippen LogP contribution >= 0.6 is 11.3 Å². The minimum Gasteiger partial charge on any atom is -0.465 e. The summed E-state index contributed by atoms with van der Waals surface area (Å²) in [7, 11) is 1.28. The number of esters is 1. The fraction of sp³-hybridized carbons (Fsp3) is 0.387. The zero-order valence-electron chi connectivity index (χ0n) is 23.7. The average Bonchev–Trinajstić information content (AvgIpc) is 3.62. The van der Waals surface area contributed by atoms with Crippen LogP contribution in [-0.4, -0.2) is 35.9 Å². The molecule has 0 saturated carbocycles. The third-order valence-electron chi connectivity index (χ3n) is 8.64. The molecule has 4 atom stereocenters. The monoisotopic (exact) mass is 589 g/mol. The Hall–Kier alpha value is -4.09. The number of hydroxylamine groups is 1. The topological polar surface area (TPSA) is 119 Å². The second-order valence-electron chi connectivity index (χ2n) is 12.0. The van der Waals surface area contributed by atoms with Gasteiger partial charge < -0.3 is 4.74 Å². The molecule has 3 heterocycles. The number of carbonyl (C=O) groups excluding carboxylic acids is 3. The van der Waals surface area contributed by atoms with Gasteiger partial charge in [-0.3, -0.25) is 24.5 Å². The molecule has 10 nitrogen and oxygen atoms in total. The fourth-order valence-electron chi connectivity index (χ4n) is 6.41. The minimum absolute atomic E-state index is 0.0515. The molecule has 1 aromatic heterocycles. The van der Waals surface area contributed by atoms with Crippen LogP contribution in [0, 0.1) is 27.4 Å². The molecule has 0 spiro atoms. The first kappa shape index (κ1) is 28.0. The van der Waals surface area contributed by atoms with E-state index in [4.69, 9.17) is 9.57 Å². The van der Waals surface area contributed by atoms with E-state index in [0.29, 0.717) is 18.0 Å². The fourth-order valence-corrected chi connectivity index (χ4v) is 7.84. The van der Waals surface area contributed by atoms with Crippen LogP contribution in [0.1, 0.15) is 59.6 Å². The van der Waals surface area contributed by atoms with Gasteiger partial charge in [-0.1, -0.05) is 51.1 Å². The Morgan fingerprint density at radius 2 is 1.76 bits per heavy atom. The molecule has 0 radical (unpaired) electrons. The van der Waals surface area contributed by atoms with Crippen molar-refractivity contribution >= 4 is 45.5 Å². The highest BCUT2D eigenvalue weighted by atomic mass is 32.1. The normalized spacial score (nSPS) is 23.6. The lowest BCUT2D eigenvalue weighted by Gasteiger charge is -2.33. The molecule has 6 rings (SSSR count). The summed E-state index contributed by atoms with van der Waals surface area (Å²) in [5.41, 5.74) is 1.75. The molecule has 11 heteroatoms. The van der Waals surface area contributed by atoms with Gasteiger partial charge >= 0.3 is 5.97 Å². The van der Waals surface area contributed by atoms with Gasteiger partial charge in [0.2, 0.25) is 5.91 Å². The Kier molecular flexibility index (Phi) is 6.89. The number of amides is 2. The van der Waals surface area contributed by atoms with Crippen molar-refractivity contribution in [1.82, 2.24) is 0 Å². The van der Waals surface area contributed by atoms with Gasteiger partial charge in [0.1, 0.15) is 17.0 Å². The number of thiophene rings is 1. The first-order chi connectivity index (χ1) is 20.0. The maximum Gasteiger partial charge on any atom is 0.341 e. The zero-order valence-corrected chi connectivity index (χ0v) is 24.6. The summed E-state index contributed by atoms with van der Waals surface area (Å²) in [5.74, 6) is -2.48. The van der Waals surface area contributed by atoms with E-state index in [9.17, 15) is 24.5 Å². The molecule has 2 aromatic carbocycles. The highest BCUT2D eigenvalue weighted by Crippen LogP contribution is 2.52. The summed E-state index contributed by atoms with van der Waals surface area (Å²) in [6.45, 7) is 6.56. The number of ether oxygens (including phenoxy) is 1. The van der Waals surface area contributed by atoms with Gasteiger partial charge in [0, 0.05) is 10.9 Å². The summed E-state index contributed by atoms with van der Waals surface area (Å²) < 4.78 is 5.13. The lowest BCUT2D eigenvalue weighted by atomic mass is 9.72. The number of carbonyl (C=O) groups is 3. The molecular weight excluding hydrogens is 558 g/mol. The Balaban J connectivity index is 1.46. The average molecular weight is 590 g/mol. The van der Waals surface area contributed by atoms with Crippen molar-refractivity contribution in [3.63, 3.8) is 0 Å². The smallest absolute Gasteiger partial charge is 0.341 e. The SMILES string of the molecule is COC(=O)c1c(N2C(=O)[C@H]3[C@H](ON(c4ccccc4)[C@H]3c3ccccc3[N+](=O)[O-])C2=O)sc2c1CC[C@@H](C(C)(C)C)C2. The lowest BCUT2D eigenvalue weighted by molar-refractivity contribution is -0.385. The molecule has 1 aliphatic carbocycles. The van der Waals surface area contributed by atoms with Crippen molar-refractivity contribution in [1.29, 1.82) is 0 Å². The van der Waals surface area contributed by atoms with Crippen LogP contribution in [0.5, 0.6) is 0 Å². The van der Waals surface area contributed by atoms with Crippen LogP contribution in [-0.2, 0) is 32.0 Å². The van der Waals surface area contributed by atoms with Gasteiger partial charge in [-0.2, -0.15) is 0 Å². The largest absolute Gasteiger partial charge is 0.465 e. The highest BCUT2D eigenvalue weighted by molar-refractivity contribution is 7.17. The summed E-state index contributed by atoms with van der Waals surface area (Å²) in [6.07, 6.45) is 1.01. The Bertz CT molecular complexity index is 1600. The molecule has 2 fully saturated rings. The molecule has 2 saturated heterocycles. The Labute approximate surface area is 246 Å². The molecule has 0 N–H and O–H groups in total. The van der Waals surface area contributed by atoms with Crippen LogP contribution in [0.25, 0.3) is 0 Å². The van der Waals surface area contributed by atoms with Crippen LogP contribution < -0.4 is 9.96 Å². The minimum atomic E-state index is -1.23. The van der Waals surface area contributed by atoms with E-state index in [1.165, 1.54) is 29.6 Å². The number of anilines is 2. The molecule has 0 unspecified atom stereocenters. The number of imide groups is 1. The molecule has 218 valence electrons. The maximum atomic E-state index is 14.3. The summed E-state index contributed by atoms with van der Waals surface area (Å²) in [6, 6.07) is 14.1. The van der Waals surface area contributed by atoms with Gasteiger partial charge in [0.25, 0.3) is 11.6 Å². The molecule has 2 aliphatic heterocycles. The molecule has 42 heavy (non-hydrogen) atoms. The number of methoxy groups -OCH3 is 1. The number of hydrogen-bond acceptors (Lipinski definition) is 9. The number of benzene rings is 2. The standard InChI is InChI=1S/C31H31N3O7S/c1-31(2,3)17-14-15-20-22(16-17)42-29(23(20)30(37)40-4)32-27(35)24-25(19-12-8-9-13-21(19)34(38)39)33(41-26(24)28(32)36)18-10-6-5-7-11-18/h5-13,17,24-26H,14-16H2,1-4H3/t17-,24-,25+,26+/m1/s1. The van der Waals surface area contributed by atoms with Crippen molar-refractivity contribution in [2.75, 3.05) is 17.1 Å². The van der Waals surface area contributed by atoms with Crippen LogP contribution in [0.2, 0.25) is 0 Å². The van der Waals surface area contributed by atoms with Crippen molar-refractivity contribution in [3.05, 3.63) is 86.3 Å². The molecule has 3 aromatic rings. The first-order valence-corrected chi connectivity index (χ1v) is 14.7. The maximum absolute atomic E-state index is 14.3. The summed E-state index contributed by atoms with van der Waals surface area (Å²) in [5, 5.41) is 13.7. The number of nitrogens with zero attached hydrogens (tertiary/aromatic N) is 3. The number of nitro groups is 1. The van der Waals surface area contributed by atoms with Crippen LogP contribution in [0.15, 0.2) is 54.6 Å². The number of rotatable bonds is 5. The first-order valence-electron chi connectivity index (χ1n) is 13.9. The van der Waals surface area contributed by atoms with Gasteiger partial charge in [-0.15, -0.1) is 11.3 Å².